The number of nitrogens with one attached hydrogen (secondary N) is 1. The number of likely N-dealkylation sites (tertiary alicyclic amines) is 1. The van der Waals surface area contributed by atoms with Gasteiger partial charge in [0.2, 0.25) is 5.91 Å². The van der Waals surface area contributed by atoms with Crippen LogP contribution in [0.3, 0.4) is 0 Å². The average Bonchev–Trinajstić information content (AvgIpc) is 2.91. The van der Waals surface area contributed by atoms with Gasteiger partial charge in [-0.05, 0) is 50.7 Å². The van der Waals surface area contributed by atoms with Crippen molar-refractivity contribution in [3.05, 3.63) is 41.7 Å². The first-order chi connectivity index (χ1) is 12.0. The lowest BCUT2D eigenvalue weighted by molar-refractivity contribution is -0.134. The molecule has 0 aliphatic carbocycles. The summed E-state index contributed by atoms with van der Waals surface area (Å²) in [6.45, 7) is 7.24. The van der Waals surface area contributed by atoms with E-state index in [1.807, 2.05) is 11.1 Å². The molecule has 0 spiro atoms. The van der Waals surface area contributed by atoms with Gasteiger partial charge < -0.3 is 14.8 Å². The number of nitrogens with zero attached hydrogens (tertiary/aromatic N) is 2. The summed E-state index contributed by atoms with van der Waals surface area (Å²) in [5.74, 6) is 0.441. The number of aromatic amines is 1. The number of aromatic nitrogens is 1. The lowest BCUT2D eigenvalue weighted by atomic mass is 9.82. The van der Waals surface area contributed by atoms with Crippen molar-refractivity contribution in [2.75, 3.05) is 26.7 Å². The molecule has 1 amide bonds. The Morgan fingerprint density at radius 3 is 2.68 bits per heavy atom. The maximum atomic E-state index is 13.1. The Morgan fingerprint density at radius 2 is 1.92 bits per heavy atom. The summed E-state index contributed by atoms with van der Waals surface area (Å²) in [5.41, 5.74) is 3.52. The highest BCUT2D eigenvalue weighted by Crippen LogP contribution is 2.37. The number of fused-ring (bicyclic) bond motifs is 3. The molecule has 1 fully saturated rings. The van der Waals surface area contributed by atoms with E-state index in [2.05, 4.69) is 61.1 Å². The fourth-order valence-corrected chi connectivity index (χ4v) is 4.38. The highest BCUT2D eigenvalue weighted by Gasteiger charge is 2.35. The third-order valence-electron chi connectivity index (χ3n) is 5.75. The van der Waals surface area contributed by atoms with Gasteiger partial charge in [0.05, 0.1) is 0 Å². The van der Waals surface area contributed by atoms with Crippen LogP contribution in [0, 0.1) is 5.92 Å². The van der Waals surface area contributed by atoms with Crippen LogP contribution in [0.25, 0.3) is 17.0 Å². The molecule has 0 saturated carbocycles. The van der Waals surface area contributed by atoms with Crippen molar-refractivity contribution >= 4 is 22.9 Å². The van der Waals surface area contributed by atoms with Crippen LogP contribution in [0.4, 0.5) is 0 Å². The number of piperidine rings is 1. The first-order valence-electron chi connectivity index (χ1n) is 9.24. The fraction of sp³-hybridized carbons (Fsp3) is 0.476. The molecule has 1 N–H and O–H groups in total. The summed E-state index contributed by atoms with van der Waals surface area (Å²) in [4.78, 5) is 20.9. The Hall–Kier alpha value is -2.07. The molecule has 2 aliphatic rings. The Balaban J connectivity index is 1.65. The van der Waals surface area contributed by atoms with Crippen molar-refractivity contribution in [2.24, 2.45) is 5.92 Å². The van der Waals surface area contributed by atoms with Crippen LogP contribution in [0.2, 0.25) is 0 Å². The molecule has 4 rings (SSSR count). The molecular formula is C21H27N3O. The van der Waals surface area contributed by atoms with Gasteiger partial charge in [-0.1, -0.05) is 32.0 Å². The number of hydrogen-bond acceptors (Lipinski definition) is 2. The summed E-state index contributed by atoms with van der Waals surface area (Å²) in [6, 6.07) is 8.44. The van der Waals surface area contributed by atoms with Crippen LogP contribution in [-0.2, 0) is 10.2 Å². The van der Waals surface area contributed by atoms with Gasteiger partial charge in [-0.15, -0.1) is 0 Å². The molecule has 25 heavy (non-hydrogen) atoms. The molecule has 4 heteroatoms. The van der Waals surface area contributed by atoms with E-state index in [9.17, 15) is 4.79 Å². The van der Waals surface area contributed by atoms with Gasteiger partial charge >= 0.3 is 0 Å². The first kappa shape index (κ1) is 16.4. The monoisotopic (exact) mass is 337 g/mol. The highest BCUT2D eigenvalue weighted by atomic mass is 16.2. The molecule has 0 atom stereocenters. The van der Waals surface area contributed by atoms with Gasteiger partial charge in [0.15, 0.2) is 0 Å². The Bertz CT molecular complexity index is 825. The van der Waals surface area contributed by atoms with Gasteiger partial charge in [-0.2, -0.15) is 0 Å². The van der Waals surface area contributed by atoms with Gasteiger partial charge in [0.1, 0.15) is 0 Å². The third-order valence-corrected chi connectivity index (χ3v) is 5.75. The maximum Gasteiger partial charge on any atom is 0.229 e. The zero-order valence-corrected chi connectivity index (χ0v) is 15.4. The maximum absolute atomic E-state index is 13.1. The van der Waals surface area contributed by atoms with Crippen LogP contribution in [-0.4, -0.2) is 47.4 Å². The lowest BCUT2D eigenvalue weighted by Crippen LogP contribution is -2.43. The molecule has 2 aromatic rings. The van der Waals surface area contributed by atoms with E-state index < -0.39 is 0 Å². The first-order valence-corrected chi connectivity index (χ1v) is 9.24. The predicted molar refractivity (Wildman–Crippen MR) is 102 cm³/mol. The normalized spacial score (nSPS) is 21.3. The van der Waals surface area contributed by atoms with Crippen molar-refractivity contribution in [3.63, 3.8) is 0 Å². The molecule has 2 aliphatic heterocycles. The second-order valence-corrected chi connectivity index (χ2v) is 8.20. The number of H-pyrrole nitrogens is 1. The minimum atomic E-state index is -0.0977. The smallest absolute Gasteiger partial charge is 0.229 e. The number of amides is 1. The highest BCUT2D eigenvalue weighted by molar-refractivity contribution is 5.89. The number of para-hydroxylation sites is 1. The Kier molecular flexibility index (Phi) is 3.95. The molecule has 0 bridgehead atoms. The van der Waals surface area contributed by atoms with Crippen LogP contribution >= 0.6 is 0 Å². The minimum Gasteiger partial charge on any atom is -0.355 e. The summed E-state index contributed by atoms with van der Waals surface area (Å²) in [5, 5.41) is 1.26. The van der Waals surface area contributed by atoms with Crippen molar-refractivity contribution in [2.45, 2.75) is 32.1 Å². The topological polar surface area (TPSA) is 39.3 Å². The third kappa shape index (κ3) is 2.89. The number of carbonyl (C=O) groups excluding carboxylic acids is 1. The van der Waals surface area contributed by atoms with Gasteiger partial charge in [-0.3, -0.25) is 4.79 Å². The van der Waals surface area contributed by atoms with Crippen LogP contribution in [0.15, 0.2) is 30.5 Å². The number of carbonyl (C=O) groups is 1. The van der Waals surface area contributed by atoms with Crippen molar-refractivity contribution in [1.82, 2.24) is 14.8 Å². The number of hydrogen-bond donors (Lipinski definition) is 1. The van der Waals surface area contributed by atoms with E-state index in [1.54, 1.807) is 0 Å². The van der Waals surface area contributed by atoms with Gasteiger partial charge in [0, 0.05) is 40.7 Å². The molecular weight excluding hydrogens is 310 g/mol. The molecule has 1 aromatic carbocycles. The van der Waals surface area contributed by atoms with Gasteiger partial charge in [0.25, 0.3) is 0 Å². The molecule has 0 radical (unpaired) electrons. The van der Waals surface area contributed by atoms with E-state index in [-0.39, 0.29) is 17.2 Å². The molecule has 1 aromatic heterocycles. The quantitative estimate of drug-likeness (QED) is 0.863. The summed E-state index contributed by atoms with van der Waals surface area (Å²) in [6.07, 6.45) is 6.00. The van der Waals surface area contributed by atoms with Crippen LogP contribution in [0.1, 0.15) is 37.9 Å². The Morgan fingerprint density at radius 1 is 1.20 bits per heavy atom. The van der Waals surface area contributed by atoms with Gasteiger partial charge in [-0.25, -0.2) is 0 Å². The Labute approximate surface area is 149 Å². The standard InChI is InChI=1S/C21H27N3O/c1-21(2)14-24(20(25)15-8-11-23(3)12-9-15)13-10-18-19(21)16-6-4-5-7-17(16)22-18/h4-7,10,13,15,22H,8-9,11-12,14H2,1-3H3. The van der Waals surface area contributed by atoms with Crippen LogP contribution < -0.4 is 0 Å². The van der Waals surface area contributed by atoms with E-state index >= 15 is 0 Å². The van der Waals surface area contributed by atoms with E-state index in [4.69, 9.17) is 0 Å². The molecule has 4 nitrogen and oxygen atoms in total. The summed E-state index contributed by atoms with van der Waals surface area (Å²) in [7, 11) is 2.13. The second kappa shape index (κ2) is 6.03. The zero-order valence-electron chi connectivity index (χ0n) is 15.4. The minimum absolute atomic E-state index is 0.0977. The van der Waals surface area contributed by atoms with Crippen molar-refractivity contribution in [1.29, 1.82) is 0 Å². The van der Waals surface area contributed by atoms with E-state index in [0.717, 1.165) is 38.2 Å². The predicted octanol–water partition coefficient (Wildman–Crippen LogP) is 3.60. The zero-order chi connectivity index (χ0) is 17.6. The van der Waals surface area contributed by atoms with E-state index in [1.165, 1.54) is 16.5 Å². The number of benzene rings is 1. The molecule has 3 heterocycles. The average molecular weight is 337 g/mol. The largest absolute Gasteiger partial charge is 0.355 e. The van der Waals surface area contributed by atoms with Crippen molar-refractivity contribution < 1.29 is 4.79 Å². The summed E-state index contributed by atoms with van der Waals surface area (Å²) < 4.78 is 0. The molecule has 132 valence electrons. The fourth-order valence-electron chi connectivity index (χ4n) is 4.38. The second-order valence-electron chi connectivity index (χ2n) is 8.20. The van der Waals surface area contributed by atoms with Crippen LogP contribution in [0.5, 0.6) is 0 Å². The number of rotatable bonds is 1. The van der Waals surface area contributed by atoms with Crippen molar-refractivity contribution in [3.8, 4) is 0 Å². The van der Waals surface area contributed by atoms with E-state index in [0.29, 0.717) is 0 Å². The molecule has 1 saturated heterocycles. The molecule has 0 unspecified atom stereocenters. The lowest BCUT2D eigenvalue weighted by Gasteiger charge is -2.34. The summed E-state index contributed by atoms with van der Waals surface area (Å²) >= 11 is 0. The SMILES string of the molecule is CN1CCC(C(=O)N2C=Cc3[nH]c4ccccc4c3C(C)(C)C2)CC1.